The lowest BCUT2D eigenvalue weighted by molar-refractivity contribution is -0.131. The van der Waals surface area contributed by atoms with Crippen molar-refractivity contribution in [2.75, 3.05) is 6.54 Å². The van der Waals surface area contributed by atoms with Gasteiger partial charge >= 0.3 is 6.03 Å². The van der Waals surface area contributed by atoms with Gasteiger partial charge in [-0.05, 0) is 37.1 Å². The molecule has 0 saturated carbocycles. The molecule has 148 valence electrons. The number of nitrogens with one attached hydrogen (secondary N) is 2. The van der Waals surface area contributed by atoms with E-state index in [9.17, 15) is 18.8 Å². The van der Waals surface area contributed by atoms with Gasteiger partial charge in [-0.15, -0.1) is 0 Å². The second kappa shape index (κ2) is 6.84. The Kier molecular flexibility index (Phi) is 4.45. The largest absolute Gasteiger partial charge is 0.358 e. The molecular weight excluding hydrogens is 373 g/mol. The van der Waals surface area contributed by atoms with E-state index in [2.05, 4.69) is 10.3 Å². The summed E-state index contributed by atoms with van der Waals surface area (Å²) in [5.74, 6) is -1.27. The van der Waals surface area contributed by atoms with Crippen LogP contribution >= 0.6 is 0 Å². The highest BCUT2D eigenvalue weighted by Gasteiger charge is 2.51. The number of carbonyl (C=O) groups is 3. The van der Waals surface area contributed by atoms with E-state index < -0.39 is 23.3 Å². The van der Waals surface area contributed by atoms with Crippen LogP contribution in [0.1, 0.15) is 35.0 Å². The molecular formula is C22H20FN3O3. The number of nitrogens with zero attached hydrogens (tertiary/aromatic N) is 1. The molecule has 7 heteroatoms. The summed E-state index contributed by atoms with van der Waals surface area (Å²) in [7, 11) is 0. The van der Waals surface area contributed by atoms with Crippen LogP contribution < -0.4 is 5.32 Å². The van der Waals surface area contributed by atoms with Crippen LogP contribution in [0.3, 0.4) is 0 Å². The second-order valence-electron chi connectivity index (χ2n) is 7.18. The number of halogens is 1. The highest BCUT2D eigenvalue weighted by atomic mass is 19.1. The lowest BCUT2D eigenvalue weighted by Crippen LogP contribution is -2.43. The number of imide groups is 1. The average molecular weight is 393 g/mol. The minimum Gasteiger partial charge on any atom is -0.358 e. The topological polar surface area (TPSA) is 82.3 Å². The summed E-state index contributed by atoms with van der Waals surface area (Å²) < 4.78 is 13.3. The van der Waals surface area contributed by atoms with Gasteiger partial charge in [0.05, 0.1) is 6.54 Å². The first-order valence-corrected chi connectivity index (χ1v) is 9.38. The summed E-state index contributed by atoms with van der Waals surface area (Å²) in [6.07, 6.45) is 0.278. The zero-order valence-electron chi connectivity index (χ0n) is 16.1. The van der Waals surface area contributed by atoms with Crippen LogP contribution in [0.4, 0.5) is 9.18 Å². The maximum absolute atomic E-state index is 13.3. The Labute approximate surface area is 166 Å². The van der Waals surface area contributed by atoms with Crippen LogP contribution in [0, 0.1) is 12.7 Å². The van der Waals surface area contributed by atoms with E-state index in [-0.39, 0.29) is 18.7 Å². The Morgan fingerprint density at radius 2 is 1.79 bits per heavy atom. The molecule has 0 aliphatic carbocycles. The molecule has 1 saturated heterocycles. The van der Waals surface area contributed by atoms with Crippen LogP contribution in [0.15, 0.2) is 48.5 Å². The van der Waals surface area contributed by atoms with E-state index in [0.717, 1.165) is 15.8 Å². The highest BCUT2D eigenvalue weighted by molar-refractivity contribution is 6.15. The molecule has 0 radical (unpaired) electrons. The minimum atomic E-state index is -1.31. The van der Waals surface area contributed by atoms with E-state index in [1.54, 1.807) is 13.8 Å². The van der Waals surface area contributed by atoms with Gasteiger partial charge in [0.2, 0.25) is 0 Å². The number of aryl methyl sites for hydroxylation is 1. The molecule has 0 unspecified atom stereocenters. The van der Waals surface area contributed by atoms with Crippen molar-refractivity contribution in [1.82, 2.24) is 15.2 Å². The average Bonchev–Trinajstić information content (AvgIpc) is 3.17. The monoisotopic (exact) mass is 393 g/mol. The van der Waals surface area contributed by atoms with Crippen LogP contribution in [-0.2, 0) is 10.3 Å². The van der Waals surface area contributed by atoms with Crippen molar-refractivity contribution in [1.29, 1.82) is 0 Å². The van der Waals surface area contributed by atoms with Gasteiger partial charge in [0.1, 0.15) is 11.4 Å². The Bertz CT molecular complexity index is 1140. The molecule has 0 spiro atoms. The number of hydrogen-bond donors (Lipinski definition) is 2. The standard InChI is InChI=1S/C22H20FN3O3/c1-3-22(14-8-10-15(23)11-9-14)20(28)26(21(29)25-22)12-18(27)19-13(2)24-17-7-5-4-6-16(17)19/h4-11,24H,3,12H2,1-2H3,(H,25,29)/t22-/m1/s1. The minimum absolute atomic E-state index is 0.278. The molecule has 3 aromatic rings. The quantitative estimate of drug-likeness (QED) is 0.513. The lowest BCUT2D eigenvalue weighted by atomic mass is 9.87. The number of urea groups is 1. The van der Waals surface area contributed by atoms with Crippen LogP contribution in [0.5, 0.6) is 0 Å². The highest BCUT2D eigenvalue weighted by Crippen LogP contribution is 2.33. The van der Waals surface area contributed by atoms with Crippen molar-refractivity contribution < 1.29 is 18.8 Å². The van der Waals surface area contributed by atoms with Gasteiger partial charge in [-0.25, -0.2) is 9.18 Å². The zero-order chi connectivity index (χ0) is 20.8. The van der Waals surface area contributed by atoms with Crippen molar-refractivity contribution in [3.63, 3.8) is 0 Å². The molecule has 1 aromatic heterocycles. The van der Waals surface area contributed by atoms with E-state index in [0.29, 0.717) is 16.8 Å². The van der Waals surface area contributed by atoms with Gasteiger partial charge < -0.3 is 10.3 Å². The lowest BCUT2D eigenvalue weighted by Gasteiger charge is -2.25. The number of amides is 3. The fourth-order valence-electron chi connectivity index (χ4n) is 4.00. The first-order valence-electron chi connectivity index (χ1n) is 9.38. The SMILES string of the molecule is CC[C@]1(c2ccc(F)cc2)NC(=O)N(CC(=O)c2c(C)[nH]c3ccccc23)C1=O. The Morgan fingerprint density at radius 3 is 2.48 bits per heavy atom. The number of Topliss-reactive ketones (excluding diaryl/α,β-unsaturated/α-hetero) is 1. The predicted molar refractivity (Wildman–Crippen MR) is 106 cm³/mol. The number of aromatic nitrogens is 1. The summed E-state index contributed by atoms with van der Waals surface area (Å²) in [6, 6.07) is 12.2. The van der Waals surface area contributed by atoms with Crippen molar-refractivity contribution >= 4 is 28.6 Å². The number of H-pyrrole nitrogens is 1. The van der Waals surface area contributed by atoms with E-state index in [1.807, 2.05) is 24.3 Å². The summed E-state index contributed by atoms with van der Waals surface area (Å²) in [6.45, 7) is 3.18. The number of hydrogen-bond acceptors (Lipinski definition) is 3. The smallest absolute Gasteiger partial charge is 0.325 e. The zero-order valence-corrected chi connectivity index (χ0v) is 16.1. The van der Waals surface area contributed by atoms with Gasteiger partial charge in [0, 0.05) is 22.2 Å². The van der Waals surface area contributed by atoms with E-state index in [1.165, 1.54) is 24.3 Å². The molecule has 2 N–H and O–H groups in total. The molecule has 1 fully saturated rings. The summed E-state index contributed by atoms with van der Waals surface area (Å²) in [5.41, 5.74) is 1.15. The van der Waals surface area contributed by atoms with Crippen LogP contribution in [-0.4, -0.2) is 34.2 Å². The number of fused-ring (bicyclic) bond motifs is 1. The van der Waals surface area contributed by atoms with Crippen molar-refractivity contribution in [3.8, 4) is 0 Å². The maximum atomic E-state index is 13.3. The summed E-state index contributed by atoms with van der Waals surface area (Å²) in [4.78, 5) is 42.9. The first-order chi connectivity index (χ1) is 13.9. The molecule has 2 aromatic carbocycles. The third kappa shape index (κ3) is 2.90. The van der Waals surface area contributed by atoms with Gasteiger partial charge in [-0.2, -0.15) is 0 Å². The molecule has 3 amide bonds. The molecule has 2 heterocycles. The fraction of sp³-hybridized carbons (Fsp3) is 0.227. The molecule has 1 aliphatic heterocycles. The number of rotatable bonds is 5. The van der Waals surface area contributed by atoms with E-state index >= 15 is 0 Å². The van der Waals surface area contributed by atoms with Gasteiger partial charge in [-0.3, -0.25) is 14.5 Å². The number of para-hydroxylation sites is 1. The summed E-state index contributed by atoms with van der Waals surface area (Å²) in [5, 5.41) is 3.46. The second-order valence-corrected chi connectivity index (χ2v) is 7.18. The third-order valence-corrected chi connectivity index (χ3v) is 5.52. The predicted octanol–water partition coefficient (Wildman–Crippen LogP) is 3.66. The maximum Gasteiger partial charge on any atom is 0.325 e. The number of aromatic amines is 1. The fourth-order valence-corrected chi connectivity index (χ4v) is 4.00. The third-order valence-electron chi connectivity index (χ3n) is 5.52. The Balaban J connectivity index is 1.66. The normalized spacial score (nSPS) is 19.1. The molecule has 4 rings (SSSR count). The van der Waals surface area contributed by atoms with Crippen molar-refractivity contribution in [2.45, 2.75) is 25.8 Å². The molecule has 6 nitrogen and oxygen atoms in total. The van der Waals surface area contributed by atoms with E-state index in [4.69, 9.17) is 0 Å². The van der Waals surface area contributed by atoms with Crippen molar-refractivity contribution in [2.24, 2.45) is 0 Å². The van der Waals surface area contributed by atoms with Gasteiger partial charge in [0.25, 0.3) is 5.91 Å². The van der Waals surface area contributed by atoms with Crippen LogP contribution in [0.2, 0.25) is 0 Å². The molecule has 1 atom stereocenters. The van der Waals surface area contributed by atoms with Gasteiger partial charge in [-0.1, -0.05) is 37.3 Å². The summed E-state index contributed by atoms with van der Waals surface area (Å²) >= 11 is 0. The van der Waals surface area contributed by atoms with Crippen LogP contribution in [0.25, 0.3) is 10.9 Å². The Hall–Kier alpha value is -3.48. The number of carbonyl (C=O) groups excluding carboxylic acids is 3. The van der Waals surface area contributed by atoms with Crippen molar-refractivity contribution in [3.05, 3.63) is 71.2 Å². The first kappa shape index (κ1) is 18.9. The van der Waals surface area contributed by atoms with Gasteiger partial charge in [0.15, 0.2) is 5.78 Å². The molecule has 29 heavy (non-hydrogen) atoms. The number of ketones is 1. The Morgan fingerprint density at radius 1 is 1.10 bits per heavy atom. The molecule has 1 aliphatic rings. The number of benzene rings is 2. The molecule has 0 bridgehead atoms.